The van der Waals surface area contributed by atoms with Gasteiger partial charge in [-0.05, 0) is 27.6 Å². The van der Waals surface area contributed by atoms with Crippen LogP contribution in [0.2, 0.25) is 0 Å². The van der Waals surface area contributed by atoms with Crippen molar-refractivity contribution in [1.82, 2.24) is 19.3 Å². The van der Waals surface area contributed by atoms with E-state index < -0.39 is 10.0 Å². The molecule has 1 heterocycles. The molecule has 0 aliphatic heterocycles. The summed E-state index contributed by atoms with van der Waals surface area (Å²) in [6.45, 7) is 0.173. The number of aromatic nitrogens is 3. The minimum absolute atomic E-state index is 0.00880. The molecular weight excluding hydrogens is 346 g/mol. The monoisotopic (exact) mass is 359 g/mol. The normalized spacial score (nSPS) is 12.0. The Balaban J connectivity index is 2.34. The average molecular weight is 360 g/mol. The Morgan fingerprint density at radius 1 is 1.40 bits per heavy atom. The number of hydrogen-bond donors (Lipinski definition) is 1. The van der Waals surface area contributed by atoms with Gasteiger partial charge in [0.2, 0.25) is 5.03 Å². The van der Waals surface area contributed by atoms with Crippen molar-refractivity contribution < 1.29 is 8.42 Å². The van der Waals surface area contributed by atoms with Crippen molar-refractivity contribution in [1.29, 1.82) is 0 Å². The van der Waals surface area contributed by atoms with Gasteiger partial charge in [-0.15, -0.1) is 5.10 Å². The molecule has 0 aliphatic carbocycles. The van der Waals surface area contributed by atoms with Crippen LogP contribution in [0.1, 0.15) is 5.56 Å². The zero-order valence-electron chi connectivity index (χ0n) is 11.0. The van der Waals surface area contributed by atoms with Crippen molar-refractivity contribution in [3.63, 3.8) is 0 Å². The number of sulfonamides is 1. The first kappa shape index (κ1) is 14.9. The van der Waals surface area contributed by atoms with Crippen LogP contribution in [-0.2, 0) is 23.6 Å². The van der Waals surface area contributed by atoms with E-state index >= 15 is 0 Å². The Morgan fingerprint density at radius 2 is 2.05 bits per heavy atom. The fraction of sp³-hybridized carbons (Fsp3) is 0.273. The van der Waals surface area contributed by atoms with E-state index in [-0.39, 0.29) is 16.2 Å². The number of nitrogen functional groups attached to an aromatic ring is 1. The van der Waals surface area contributed by atoms with Crippen molar-refractivity contribution in [2.75, 3.05) is 12.8 Å². The summed E-state index contributed by atoms with van der Waals surface area (Å²) in [5.41, 5.74) is 7.12. The van der Waals surface area contributed by atoms with Crippen LogP contribution in [0.4, 0.5) is 5.69 Å². The zero-order valence-corrected chi connectivity index (χ0v) is 13.4. The van der Waals surface area contributed by atoms with Crippen LogP contribution in [-0.4, -0.2) is 34.8 Å². The molecule has 0 saturated heterocycles. The van der Waals surface area contributed by atoms with Crippen LogP contribution in [0.25, 0.3) is 0 Å². The molecule has 0 bridgehead atoms. The summed E-state index contributed by atoms with van der Waals surface area (Å²) in [6, 6.07) is 7.14. The average Bonchev–Trinajstić information content (AvgIpc) is 2.72. The quantitative estimate of drug-likeness (QED) is 0.821. The van der Waals surface area contributed by atoms with Gasteiger partial charge in [0.25, 0.3) is 10.0 Å². The molecule has 2 rings (SSSR count). The maximum Gasteiger partial charge on any atom is 0.263 e. The van der Waals surface area contributed by atoms with Gasteiger partial charge in [-0.25, -0.2) is 13.1 Å². The number of benzene rings is 1. The Morgan fingerprint density at radius 3 is 2.60 bits per heavy atom. The van der Waals surface area contributed by atoms with Crippen molar-refractivity contribution in [2.24, 2.45) is 7.05 Å². The summed E-state index contributed by atoms with van der Waals surface area (Å²) >= 11 is 3.10. The molecule has 0 spiro atoms. The standard InChI is InChI=1S/C11H14BrN5O2S/c1-16(7-8-5-3-4-6-9(8)13)20(18,19)11-10(12)14-15-17(11)2/h3-6H,7,13H2,1-2H3. The summed E-state index contributed by atoms with van der Waals surface area (Å²) in [6.07, 6.45) is 0. The summed E-state index contributed by atoms with van der Waals surface area (Å²) in [5, 5.41) is 7.38. The SMILES string of the molecule is CN(Cc1ccccc1N)S(=O)(=O)c1c(Br)nnn1C. The molecule has 1 aromatic carbocycles. The molecule has 0 saturated carbocycles. The lowest BCUT2D eigenvalue weighted by Crippen LogP contribution is -2.28. The van der Waals surface area contributed by atoms with E-state index in [1.165, 1.54) is 23.1 Å². The fourth-order valence-corrected chi connectivity index (χ4v) is 3.92. The smallest absolute Gasteiger partial charge is 0.263 e. The van der Waals surface area contributed by atoms with Gasteiger partial charge in [0.1, 0.15) is 0 Å². The van der Waals surface area contributed by atoms with Crippen LogP contribution in [0, 0.1) is 0 Å². The third-order valence-electron chi connectivity index (χ3n) is 2.84. The molecule has 0 radical (unpaired) electrons. The van der Waals surface area contributed by atoms with Gasteiger partial charge in [-0.3, -0.25) is 0 Å². The van der Waals surface area contributed by atoms with E-state index in [0.29, 0.717) is 5.69 Å². The maximum atomic E-state index is 12.5. The first-order valence-corrected chi connectivity index (χ1v) is 7.92. The second kappa shape index (κ2) is 5.51. The predicted octanol–water partition coefficient (Wildman–Crippen LogP) is 0.981. The second-order valence-corrected chi connectivity index (χ2v) is 6.98. The van der Waals surface area contributed by atoms with Crippen LogP contribution in [0.15, 0.2) is 33.9 Å². The summed E-state index contributed by atoms with van der Waals surface area (Å²) < 4.78 is 27.6. The lowest BCUT2D eigenvalue weighted by atomic mass is 10.2. The van der Waals surface area contributed by atoms with Crippen LogP contribution < -0.4 is 5.73 Å². The molecule has 0 unspecified atom stereocenters. The third kappa shape index (κ3) is 2.69. The van der Waals surface area contributed by atoms with E-state index in [1.54, 1.807) is 18.2 Å². The molecular formula is C11H14BrN5O2S. The largest absolute Gasteiger partial charge is 0.398 e. The number of anilines is 1. The Bertz CT molecular complexity index is 709. The van der Waals surface area contributed by atoms with Gasteiger partial charge < -0.3 is 5.73 Å². The predicted molar refractivity (Wildman–Crippen MR) is 78.2 cm³/mol. The number of hydrogen-bond acceptors (Lipinski definition) is 5. The van der Waals surface area contributed by atoms with Crippen molar-refractivity contribution in [3.05, 3.63) is 34.4 Å². The molecule has 0 atom stereocenters. The lowest BCUT2D eigenvalue weighted by molar-refractivity contribution is 0.457. The van der Waals surface area contributed by atoms with Crippen LogP contribution in [0.3, 0.4) is 0 Å². The van der Waals surface area contributed by atoms with E-state index in [9.17, 15) is 8.42 Å². The van der Waals surface area contributed by atoms with Gasteiger partial charge in [-0.1, -0.05) is 23.4 Å². The van der Waals surface area contributed by atoms with E-state index in [2.05, 4.69) is 26.2 Å². The van der Waals surface area contributed by atoms with Gasteiger partial charge in [0.15, 0.2) is 4.60 Å². The van der Waals surface area contributed by atoms with Crippen LogP contribution in [0.5, 0.6) is 0 Å². The molecule has 0 fully saturated rings. The highest BCUT2D eigenvalue weighted by Gasteiger charge is 2.28. The highest BCUT2D eigenvalue weighted by Crippen LogP contribution is 2.23. The Kier molecular flexibility index (Phi) is 4.11. The summed E-state index contributed by atoms with van der Waals surface area (Å²) in [5.74, 6) is 0. The molecule has 1 aromatic heterocycles. The number of nitrogens with two attached hydrogens (primary N) is 1. The fourth-order valence-electron chi connectivity index (χ4n) is 1.75. The molecule has 20 heavy (non-hydrogen) atoms. The molecule has 2 N–H and O–H groups in total. The molecule has 0 aliphatic rings. The number of nitrogens with zero attached hydrogens (tertiary/aromatic N) is 4. The maximum absolute atomic E-state index is 12.5. The van der Waals surface area contributed by atoms with Crippen LogP contribution >= 0.6 is 15.9 Å². The third-order valence-corrected chi connectivity index (χ3v) is 5.53. The lowest BCUT2D eigenvalue weighted by Gasteiger charge is -2.18. The minimum Gasteiger partial charge on any atom is -0.398 e. The van der Waals surface area contributed by atoms with Gasteiger partial charge in [-0.2, -0.15) is 4.31 Å². The van der Waals surface area contributed by atoms with E-state index in [4.69, 9.17) is 5.73 Å². The van der Waals surface area contributed by atoms with E-state index in [1.807, 2.05) is 6.07 Å². The summed E-state index contributed by atoms with van der Waals surface area (Å²) in [7, 11) is -0.693. The van der Waals surface area contributed by atoms with Gasteiger partial charge in [0.05, 0.1) is 0 Å². The molecule has 7 nitrogen and oxygen atoms in total. The molecule has 108 valence electrons. The topological polar surface area (TPSA) is 94.1 Å². The first-order chi connectivity index (χ1) is 9.34. The number of aryl methyl sites for hydroxylation is 1. The molecule has 0 amide bonds. The van der Waals surface area contributed by atoms with Crippen molar-refractivity contribution in [3.8, 4) is 0 Å². The van der Waals surface area contributed by atoms with Crippen molar-refractivity contribution >= 4 is 31.6 Å². The zero-order chi connectivity index (χ0) is 14.9. The number of rotatable bonds is 4. The van der Waals surface area contributed by atoms with Crippen molar-refractivity contribution in [2.45, 2.75) is 11.6 Å². The highest BCUT2D eigenvalue weighted by molar-refractivity contribution is 9.10. The first-order valence-electron chi connectivity index (χ1n) is 5.69. The second-order valence-electron chi connectivity index (χ2n) is 4.27. The van der Waals surface area contributed by atoms with E-state index in [0.717, 1.165) is 5.56 Å². The van der Waals surface area contributed by atoms with Gasteiger partial charge in [0, 0.05) is 26.3 Å². The minimum atomic E-state index is -3.70. The van der Waals surface area contributed by atoms with Gasteiger partial charge >= 0.3 is 0 Å². The molecule has 9 heteroatoms. The summed E-state index contributed by atoms with van der Waals surface area (Å²) in [4.78, 5) is 0. The number of halogens is 1. The molecule has 2 aromatic rings. The highest BCUT2D eigenvalue weighted by atomic mass is 79.9. The Hall–Kier alpha value is -1.45. The number of para-hydroxylation sites is 1. The Labute approximate surface area is 125 Å².